The van der Waals surface area contributed by atoms with Crippen LogP contribution in [0.5, 0.6) is 0 Å². The van der Waals surface area contributed by atoms with Gasteiger partial charge in [0.25, 0.3) is 0 Å². The van der Waals surface area contributed by atoms with Crippen molar-refractivity contribution >= 4 is 17.9 Å². The first kappa shape index (κ1) is 37.3. The molecule has 8 heteroatoms. The number of likely N-dealkylation sites (N-methyl/N-ethyl adjacent to an activating group) is 1. The summed E-state index contributed by atoms with van der Waals surface area (Å²) in [5, 5.41) is 9.46. The number of nitrogens with zero attached hydrogens (tertiary/aromatic N) is 1. The zero-order chi connectivity index (χ0) is 29.4. The Morgan fingerprint density at radius 2 is 1.18 bits per heavy atom. The van der Waals surface area contributed by atoms with Gasteiger partial charge in [0.05, 0.1) is 34.4 Å². The fourth-order valence-electron chi connectivity index (χ4n) is 4.54. The monoisotopic (exact) mass is 558 g/mol. The van der Waals surface area contributed by atoms with E-state index in [-0.39, 0.29) is 36.2 Å². The Morgan fingerprint density at radius 3 is 1.64 bits per heavy atom. The molecule has 0 aromatic heterocycles. The maximum Gasteiger partial charge on any atom is 0.362 e. The molecule has 0 radical (unpaired) electrons. The summed E-state index contributed by atoms with van der Waals surface area (Å²) in [5.41, 5.74) is 0. The first-order valence-electron chi connectivity index (χ1n) is 15.6. The van der Waals surface area contributed by atoms with Crippen molar-refractivity contribution in [3.05, 3.63) is 0 Å². The van der Waals surface area contributed by atoms with Gasteiger partial charge in [-0.15, -0.1) is 0 Å². The van der Waals surface area contributed by atoms with Gasteiger partial charge in [-0.05, 0) is 12.8 Å². The second kappa shape index (κ2) is 24.2. The molecule has 0 amide bonds. The molecule has 0 aliphatic rings. The zero-order valence-electron chi connectivity index (χ0n) is 25.8. The van der Waals surface area contributed by atoms with Crippen molar-refractivity contribution in [3.8, 4) is 0 Å². The van der Waals surface area contributed by atoms with Crippen LogP contribution >= 0.6 is 0 Å². The van der Waals surface area contributed by atoms with Crippen LogP contribution in [-0.4, -0.2) is 80.6 Å². The molecule has 0 fully saturated rings. The van der Waals surface area contributed by atoms with Crippen LogP contribution in [0.15, 0.2) is 0 Å². The molecule has 0 aromatic carbocycles. The van der Waals surface area contributed by atoms with E-state index in [9.17, 15) is 19.5 Å². The minimum Gasteiger partial charge on any atom is -0.477 e. The van der Waals surface area contributed by atoms with Crippen molar-refractivity contribution in [2.75, 3.05) is 41.0 Å². The lowest BCUT2D eigenvalue weighted by atomic mass is 10.0. The molecule has 2 atom stereocenters. The van der Waals surface area contributed by atoms with Gasteiger partial charge in [0.1, 0.15) is 6.61 Å². The summed E-state index contributed by atoms with van der Waals surface area (Å²) >= 11 is 0. The second-order valence-electron chi connectivity index (χ2n) is 11.7. The summed E-state index contributed by atoms with van der Waals surface area (Å²) in [5.74, 6) is -1.53. The van der Waals surface area contributed by atoms with Gasteiger partial charge in [-0.3, -0.25) is 9.59 Å². The maximum atomic E-state index is 12.4. The van der Waals surface area contributed by atoms with E-state index in [0.717, 1.165) is 19.3 Å². The fourth-order valence-corrected chi connectivity index (χ4v) is 4.54. The SMILES string of the molecule is CCCCCCCCCCCCCCCCC(=O)OC(COCCC(C(=O)O)[N+](C)(C)C)COC(=O)CCC. The molecule has 0 spiro atoms. The number of carbonyl (C=O) groups excluding carboxylic acids is 2. The normalized spacial score (nSPS) is 13.2. The summed E-state index contributed by atoms with van der Waals surface area (Å²) < 4.78 is 16.7. The predicted molar refractivity (Wildman–Crippen MR) is 156 cm³/mol. The van der Waals surface area contributed by atoms with Gasteiger partial charge in [0, 0.05) is 19.3 Å². The number of aliphatic carboxylic acids is 1. The van der Waals surface area contributed by atoms with Crippen LogP contribution < -0.4 is 0 Å². The topological polar surface area (TPSA) is 99.1 Å². The van der Waals surface area contributed by atoms with Crippen molar-refractivity contribution in [3.63, 3.8) is 0 Å². The molecular weight excluding hydrogens is 498 g/mol. The average molecular weight is 559 g/mol. The fraction of sp³-hybridized carbons (Fsp3) is 0.903. The van der Waals surface area contributed by atoms with Gasteiger partial charge in [0.15, 0.2) is 12.1 Å². The number of unbranched alkanes of at least 4 members (excludes halogenated alkanes) is 13. The van der Waals surface area contributed by atoms with Gasteiger partial charge in [0.2, 0.25) is 0 Å². The molecule has 0 aliphatic heterocycles. The van der Waals surface area contributed by atoms with Crippen molar-refractivity contribution in [1.82, 2.24) is 0 Å². The van der Waals surface area contributed by atoms with E-state index in [1.807, 2.05) is 28.1 Å². The van der Waals surface area contributed by atoms with Crippen LogP contribution in [0.1, 0.15) is 129 Å². The van der Waals surface area contributed by atoms with E-state index in [2.05, 4.69) is 6.92 Å². The first-order chi connectivity index (χ1) is 18.6. The molecule has 2 unspecified atom stereocenters. The minimum atomic E-state index is -0.879. The van der Waals surface area contributed by atoms with E-state index >= 15 is 0 Å². The number of hydrogen-bond donors (Lipinski definition) is 1. The first-order valence-corrected chi connectivity index (χ1v) is 15.6. The Bertz CT molecular complexity index is 633. The molecule has 39 heavy (non-hydrogen) atoms. The molecule has 0 aliphatic carbocycles. The van der Waals surface area contributed by atoms with Gasteiger partial charge in [-0.25, -0.2) is 4.79 Å². The Balaban J connectivity index is 4.16. The molecule has 0 saturated heterocycles. The zero-order valence-corrected chi connectivity index (χ0v) is 25.8. The average Bonchev–Trinajstić information content (AvgIpc) is 2.86. The molecular formula is C31H60NO7+. The van der Waals surface area contributed by atoms with E-state index in [1.54, 1.807) is 0 Å². The maximum absolute atomic E-state index is 12.4. The van der Waals surface area contributed by atoms with Crippen LogP contribution in [0.2, 0.25) is 0 Å². The third kappa shape index (κ3) is 22.8. The molecule has 1 N–H and O–H groups in total. The summed E-state index contributed by atoms with van der Waals surface area (Å²) in [6.07, 6.45) is 18.5. The molecule has 0 aromatic rings. The smallest absolute Gasteiger partial charge is 0.362 e. The highest BCUT2D eigenvalue weighted by Gasteiger charge is 2.31. The van der Waals surface area contributed by atoms with Crippen molar-refractivity contribution in [1.29, 1.82) is 0 Å². The summed E-state index contributed by atoms with van der Waals surface area (Å²) in [6, 6.07) is -0.603. The standard InChI is InChI=1S/C31H59NO7/c1-6-8-9-10-11-12-13-14-15-16-17-18-19-20-22-30(34)39-27(26-38-29(33)21-7-2)25-37-24-23-28(31(35)36)32(3,4)5/h27-28H,6-26H2,1-5H3/p+1. The van der Waals surface area contributed by atoms with E-state index in [4.69, 9.17) is 14.2 Å². The number of carboxylic acids is 1. The molecule has 230 valence electrons. The number of carboxylic acid groups (broad SMARTS) is 1. The van der Waals surface area contributed by atoms with Crippen LogP contribution in [0.4, 0.5) is 0 Å². The molecule has 0 rings (SSSR count). The third-order valence-corrected chi connectivity index (χ3v) is 6.98. The summed E-state index contributed by atoms with van der Waals surface area (Å²) in [6.45, 7) is 4.37. The van der Waals surface area contributed by atoms with Gasteiger partial charge in [-0.2, -0.15) is 0 Å². The Hall–Kier alpha value is -1.67. The van der Waals surface area contributed by atoms with Crippen LogP contribution in [0.3, 0.4) is 0 Å². The molecule has 0 heterocycles. The van der Waals surface area contributed by atoms with Gasteiger partial charge in [-0.1, -0.05) is 97.3 Å². The van der Waals surface area contributed by atoms with Gasteiger partial charge >= 0.3 is 17.9 Å². The Kier molecular flexibility index (Phi) is 23.1. The predicted octanol–water partition coefficient (Wildman–Crippen LogP) is 6.68. The van der Waals surface area contributed by atoms with E-state index < -0.39 is 18.1 Å². The van der Waals surface area contributed by atoms with Crippen molar-refractivity contribution < 1.29 is 38.2 Å². The Labute approximate surface area is 238 Å². The summed E-state index contributed by atoms with van der Waals surface area (Å²) in [4.78, 5) is 35.7. The summed E-state index contributed by atoms with van der Waals surface area (Å²) in [7, 11) is 5.48. The minimum absolute atomic E-state index is 0.0546. The molecule has 8 nitrogen and oxygen atoms in total. The van der Waals surface area contributed by atoms with Crippen LogP contribution in [0, 0.1) is 0 Å². The van der Waals surface area contributed by atoms with Crippen molar-refractivity contribution in [2.45, 2.75) is 142 Å². The van der Waals surface area contributed by atoms with E-state index in [1.165, 1.54) is 70.6 Å². The largest absolute Gasteiger partial charge is 0.477 e. The lowest BCUT2D eigenvalue weighted by Crippen LogP contribution is -2.50. The lowest BCUT2D eigenvalue weighted by Gasteiger charge is -2.31. The highest BCUT2D eigenvalue weighted by Crippen LogP contribution is 2.14. The lowest BCUT2D eigenvalue weighted by molar-refractivity contribution is -0.887. The molecule has 0 saturated carbocycles. The number of hydrogen-bond acceptors (Lipinski definition) is 6. The van der Waals surface area contributed by atoms with Crippen LogP contribution in [-0.2, 0) is 28.6 Å². The Morgan fingerprint density at radius 1 is 0.667 bits per heavy atom. The van der Waals surface area contributed by atoms with E-state index in [0.29, 0.717) is 25.7 Å². The highest BCUT2D eigenvalue weighted by molar-refractivity contribution is 5.72. The van der Waals surface area contributed by atoms with Crippen molar-refractivity contribution in [2.24, 2.45) is 0 Å². The number of ether oxygens (including phenoxy) is 3. The number of esters is 2. The highest BCUT2D eigenvalue weighted by atomic mass is 16.6. The van der Waals surface area contributed by atoms with Crippen LogP contribution in [0.25, 0.3) is 0 Å². The van der Waals surface area contributed by atoms with Gasteiger partial charge < -0.3 is 23.8 Å². The second-order valence-corrected chi connectivity index (χ2v) is 11.7. The number of carbonyl (C=O) groups is 3. The number of rotatable bonds is 27. The quantitative estimate of drug-likeness (QED) is 0.0682. The number of quaternary nitrogens is 1. The third-order valence-electron chi connectivity index (χ3n) is 6.98. The molecule has 0 bridgehead atoms.